The second-order valence-electron chi connectivity index (χ2n) is 7.10. The third-order valence-electron chi connectivity index (χ3n) is 5.15. The van der Waals surface area contributed by atoms with Crippen LogP contribution in [0.5, 0.6) is 0 Å². The van der Waals surface area contributed by atoms with Gasteiger partial charge in [-0.25, -0.2) is 4.39 Å². The van der Waals surface area contributed by atoms with E-state index >= 15 is 0 Å². The van der Waals surface area contributed by atoms with Gasteiger partial charge in [-0.2, -0.15) is 4.98 Å². The highest BCUT2D eigenvalue weighted by atomic mass is 19.1. The van der Waals surface area contributed by atoms with Crippen molar-refractivity contribution in [3.05, 3.63) is 64.7 Å². The van der Waals surface area contributed by atoms with E-state index in [0.717, 1.165) is 11.1 Å². The third-order valence-corrected chi connectivity index (χ3v) is 5.15. The van der Waals surface area contributed by atoms with Crippen molar-refractivity contribution in [2.24, 2.45) is 0 Å². The lowest BCUT2D eigenvalue weighted by Gasteiger charge is -2.16. The van der Waals surface area contributed by atoms with E-state index in [0.29, 0.717) is 29.5 Å². The molecule has 1 aromatic heterocycles. The molecular formula is C21H20FN3O2. The van der Waals surface area contributed by atoms with Crippen LogP contribution >= 0.6 is 0 Å². The number of aromatic nitrogens is 2. The number of aryl methyl sites for hydroxylation is 3. The molecule has 0 bridgehead atoms. The van der Waals surface area contributed by atoms with Crippen LogP contribution in [-0.4, -0.2) is 22.6 Å². The number of carbonyl (C=O) groups is 1. The minimum atomic E-state index is -0.319. The van der Waals surface area contributed by atoms with E-state index in [1.54, 1.807) is 24.0 Å². The molecule has 0 N–H and O–H groups in total. The Kier molecular flexibility index (Phi) is 4.26. The Balaban J connectivity index is 1.56. The van der Waals surface area contributed by atoms with Gasteiger partial charge in [0.15, 0.2) is 5.82 Å². The van der Waals surface area contributed by atoms with Gasteiger partial charge in [0.05, 0.1) is 0 Å². The van der Waals surface area contributed by atoms with Crippen molar-refractivity contribution >= 4 is 11.6 Å². The van der Waals surface area contributed by atoms with Crippen molar-refractivity contribution in [2.75, 3.05) is 11.4 Å². The lowest BCUT2D eigenvalue weighted by molar-refractivity contribution is -0.117. The molecule has 5 nitrogen and oxygen atoms in total. The molecule has 0 radical (unpaired) electrons. The van der Waals surface area contributed by atoms with Crippen LogP contribution in [0.1, 0.15) is 34.9 Å². The van der Waals surface area contributed by atoms with Crippen molar-refractivity contribution in [1.82, 2.24) is 10.1 Å². The number of anilines is 1. The highest BCUT2D eigenvalue weighted by Crippen LogP contribution is 2.32. The second kappa shape index (κ2) is 6.61. The van der Waals surface area contributed by atoms with Gasteiger partial charge in [-0.05, 0) is 61.7 Å². The Morgan fingerprint density at radius 3 is 2.59 bits per heavy atom. The number of amides is 1. The first-order chi connectivity index (χ1) is 12.9. The first-order valence-electron chi connectivity index (χ1n) is 8.90. The average Bonchev–Trinajstić information content (AvgIpc) is 3.27. The fraction of sp³-hybridized carbons (Fsp3) is 0.286. The summed E-state index contributed by atoms with van der Waals surface area (Å²) in [6.07, 6.45) is 0.279. The van der Waals surface area contributed by atoms with Gasteiger partial charge >= 0.3 is 0 Å². The zero-order valence-corrected chi connectivity index (χ0v) is 15.5. The molecule has 0 saturated carbocycles. The van der Waals surface area contributed by atoms with Crippen LogP contribution < -0.4 is 4.90 Å². The zero-order valence-electron chi connectivity index (χ0n) is 15.5. The summed E-state index contributed by atoms with van der Waals surface area (Å²) in [5.41, 5.74) is 4.32. The van der Waals surface area contributed by atoms with Crippen molar-refractivity contribution in [1.29, 1.82) is 0 Å². The monoisotopic (exact) mass is 365 g/mol. The molecule has 1 unspecified atom stereocenters. The molecule has 0 aliphatic carbocycles. The summed E-state index contributed by atoms with van der Waals surface area (Å²) in [6.45, 7) is 6.18. The van der Waals surface area contributed by atoms with Gasteiger partial charge in [0.1, 0.15) is 5.82 Å². The van der Waals surface area contributed by atoms with Crippen molar-refractivity contribution in [2.45, 2.75) is 33.1 Å². The molecule has 2 aromatic carbocycles. The standard InChI is InChI=1S/C21H20FN3O2/c1-12-4-6-15(8-14(12)3)21-23-20(24-27-21)16-9-19(26)25(11-16)17-7-5-13(2)18(22)10-17/h4-8,10,16H,9,11H2,1-3H3. The molecule has 1 atom stereocenters. The van der Waals surface area contributed by atoms with Crippen LogP contribution in [0.15, 0.2) is 40.9 Å². The van der Waals surface area contributed by atoms with Crippen molar-refractivity contribution in [3.63, 3.8) is 0 Å². The molecule has 1 aliphatic heterocycles. The summed E-state index contributed by atoms with van der Waals surface area (Å²) in [5, 5.41) is 4.08. The van der Waals surface area contributed by atoms with Gasteiger partial charge in [0.25, 0.3) is 5.89 Å². The number of hydrogen-bond acceptors (Lipinski definition) is 4. The maximum absolute atomic E-state index is 13.9. The number of rotatable bonds is 3. The largest absolute Gasteiger partial charge is 0.334 e. The van der Waals surface area contributed by atoms with Crippen LogP contribution in [0.3, 0.4) is 0 Å². The summed E-state index contributed by atoms with van der Waals surface area (Å²) in [5.74, 6) is 0.388. The Bertz CT molecular complexity index is 1030. The highest BCUT2D eigenvalue weighted by Gasteiger charge is 2.34. The zero-order chi connectivity index (χ0) is 19.1. The Hall–Kier alpha value is -3.02. The van der Waals surface area contributed by atoms with Gasteiger partial charge in [-0.3, -0.25) is 4.79 Å². The molecule has 3 aromatic rings. The SMILES string of the molecule is Cc1ccc(-c2nc(C3CC(=O)N(c4ccc(C)c(F)c4)C3)no2)cc1C. The number of halogens is 1. The molecule has 1 fully saturated rings. The number of carbonyl (C=O) groups excluding carboxylic acids is 1. The Morgan fingerprint density at radius 1 is 1.07 bits per heavy atom. The van der Waals surface area contributed by atoms with Crippen LogP contribution in [0.2, 0.25) is 0 Å². The number of nitrogens with zero attached hydrogens (tertiary/aromatic N) is 3. The van der Waals surface area contributed by atoms with Crippen molar-refractivity contribution in [3.8, 4) is 11.5 Å². The molecule has 138 valence electrons. The van der Waals surface area contributed by atoms with E-state index in [1.165, 1.54) is 11.6 Å². The molecule has 1 aliphatic rings. The molecule has 6 heteroatoms. The lowest BCUT2D eigenvalue weighted by Crippen LogP contribution is -2.24. The quantitative estimate of drug-likeness (QED) is 0.693. The van der Waals surface area contributed by atoms with Gasteiger partial charge < -0.3 is 9.42 Å². The van der Waals surface area contributed by atoms with Crippen LogP contribution in [0.25, 0.3) is 11.5 Å². The Labute approximate surface area is 156 Å². The van der Waals surface area contributed by atoms with Gasteiger partial charge in [0, 0.05) is 30.1 Å². The molecule has 1 saturated heterocycles. The van der Waals surface area contributed by atoms with E-state index in [2.05, 4.69) is 10.1 Å². The normalized spacial score (nSPS) is 17.0. The summed E-state index contributed by atoms with van der Waals surface area (Å²) >= 11 is 0. The number of benzene rings is 2. The van der Waals surface area contributed by atoms with Gasteiger partial charge in [-0.15, -0.1) is 0 Å². The minimum absolute atomic E-state index is 0.0687. The lowest BCUT2D eigenvalue weighted by atomic mass is 10.1. The summed E-state index contributed by atoms with van der Waals surface area (Å²) in [4.78, 5) is 18.5. The molecular weight excluding hydrogens is 345 g/mol. The second-order valence-corrected chi connectivity index (χ2v) is 7.10. The van der Waals surface area contributed by atoms with Gasteiger partial charge in [0.2, 0.25) is 5.91 Å². The van der Waals surface area contributed by atoms with Crippen LogP contribution in [0.4, 0.5) is 10.1 Å². The first-order valence-corrected chi connectivity index (χ1v) is 8.90. The predicted octanol–water partition coefficient (Wildman–Crippen LogP) is 4.32. The third kappa shape index (κ3) is 3.23. The van der Waals surface area contributed by atoms with E-state index in [-0.39, 0.29) is 24.1 Å². The highest BCUT2D eigenvalue weighted by molar-refractivity contribution is 5.96. The van der Waals surface area contributed by atoms with E-state index in [4.69, 9.17) is 4.52 Å². The fourth-order valence-corrected chi connectivity index (χ4v) is 3.27. The van der Waals surface area contributed by atoms with Crippen LogP contribution in [-0.2, 0) is 4.79 Å². The summed E-state index contributed by atoms with van der Waals surface area (Å²) in [7, 11) is 0. The molecule has 4 rings (SSSR count). The maximum atomic E-state index is 13.9. The van der Waals surface area contributed by atoms with Gasteiger partial charge in [-0.1, -0.05) is 17.3 Å². The van der Waals surface area contributed by atoms with Crippen molar-refractivity contribution < 1.29 is 13.7 Å². The summed E-state index contributed by atoms with van der Waals surface area (Å²) in [6, 6.07) is 10.8. The van der Waals surface area contributed by atoms with E-state index in [9.17, 15) is 9.18 Å². The average molecular weight is 365 g/mol. The van der Waals surface area contributed by atoms with Crippen LogP contribution in [0, 0.1) is 26.6 Å². The van der Waals surface area contributed by atoms with E-state index in [1.807, 2.05) is 32.0 Å². The molecule has 0 spiro atoms. The fourth-order valence-electron chi connectivity index (χ4n) is 3.27. The minimum Gasteiger partial charge on any atom is -0.334 e. The smallest absolute Gasteiger partial charge is 0.257 e. The topological polar surface area (TPSA) is 59.2 Å². The molecule has 1 amide bonds. The predicted molar refractivity (Wildman–Crippen MR) is 100 cm³/mol. The maximum Gasteiger partial charge on any atom is 0.257 e. The summed E-state index contributed by atoms with van der Waals surface area (Å²) < 4.78 is 19.3. The number of hydrogen-bond donors (Lipinski definition) is 0. The molecule has 27 heavy (non-hydrogen) atoms. The molecule has 2 heterocycles. The van der Waals surface area contributed by atoms with E-state index < -0.39 is 0 Å². The first kappa shape index (κ1) is 17.4. The Morgan fingerprint density at radius 2 is 1.85 bits per heavy atom.